The largest absolute Gasteiger partial charge is 0.465 e. The molecule has 0 bridgehead atoms. The first kappa shape index (κ1) is 37.7. The number of nitrogens with two attached hydrogens (primary N) is 1. The number of carbonyl (C=O) groups is 4. The number of thiophene rings is 1. The van der Waals surface area contributed by atoms with Gasteiger partial charge in [-0.1, -0.05) is 0 Å². The lowest BCUT2D eigenvalue weighted by molar-refractivity contribution is -0.150. The van der Waals surface area contributed by atoms with E-state index in [0.717, 1.165) is 10.4 Å². The van der Waals surface area contributed by atoms with Gasteiger partial charge in [-0.2, -0.15) is 10.2 Å². The fourth-order valence-corrected chi connectivity index (χ4v) is 5.65. The Morgan fingerprint density at radius 2 is 1.06 bits per heavy atom. The zero-order valence-corrected chi connectivity index (χ0v) is 29.4. The average molecular weight is 711 g/mol. The summed E-state index contributed by atoms with van der Waals surface area (Å²) in [6.07, 6.45) is 3.47. The summed E-state index contributed by atoms with van der Waals surface area (Å²) in [4.78, 5) is 57.9. The molecule has 4 aromatic heterocycles. The molecule has 0 saturated heterocycles. The van der Waals surface area contributed by atoms with Crippen molar-refractivity contribution < 1.29 is 38.1 Å². The van der Waals surface area contributed by atoms with Gasteiger partial charge in [-0.15, -0.1) is 11.3 Å². The summed E-state index contributed by atoms with van der Waals surface area (Å²) < 4.78 is 23.5. The van der Waals surface area contributed by atoms with Crippen LogP contribution in [0, 0.1) is 0 Å². The fraction of sp³-hybridized carbons (Fsp3) is 0.424. The van der Waals surface area contributed by atoms with Gasteiger partial charge in [-0.3, -0.25) is 29.0 Å². The Bertz CT molecular complexity index is 1610. The number of ether oxygens (including phenoxy) is 4. The molecule has 268 valence electrons. The predicted octanol–water partition coefficient (Wildman–Crippen LogP) is 2.62. The maximum atomic E-state index is 12.3. The Morgan fingerprint density at radius 1 is 0.660 bits per heavy atom. The van der Waals surface area contributed by atoms with Crippen LogP contribution in [0.2, 0.25) is 0 Å². The molecular weight excluding hydrogens is 668 g/mol. The Morgan fingerprint density at radius 3 is 1.40 bits per heavy atom. The van der Waals surface area contributed by atoms with Crippen LogP contribution < -0.4 is 5.73 Å². The van der Waals surface area contributed by atoms with Crippen molar-refractivity contribution in [2.24, 2.45) is 0 Å². The molecule has 0 aliphatic carbocycles. The minimum Gasteiger partial charge on any atom is -0.465 e. The van der Waals surface area contributed by atoms with Crippen LogP contribution in [0.5, 0.6) is 0 Å². The fourth-order valence-electron chi connectivity index (χ4n) is 4.88. The summed E-state index contributed by atoms with van der Waals surface area (Å²) >= 11 is 1.42. The lowest BCUT2D eigenvalue weighted by atomic mass is 10.2. The second-order valence-corrected chi connectivity index (χ2v) is 11.9. The molecule has 17 heteroatoms. The van der Waals surface area contributed by atoms with Crippen LogP contribution in [0.25, 0.3) is 22.1 Å². The molecule has 4 heterocycles. The lowest BCUT2D eigenvalue weighted by Crippen LogP contribution is -2.35. The lowest BCUT2D eigenvalue weighted by Gasteiger charge is -2.19. The van der Waals surface area contributed by atoms with Crippen molar-refractivity contribution in [3.8, 4) is 22.1 Å². The number of anilines is 1. The topological polar surface area (TPSA) is 186 Å². The quantitative estimate of drug-likeness (QED) is 0.111. The highest BCUT2D eigenvalue weighted by molar-refractivity contribution is 7.19. The Kier molecular flexibility index (Phi) is 14.0. The molecule has 0 atom stereocenters. The number of nitrogens with zero attached hydrogens (tertiary/aromatic N) is 7. The number of hydrogen-bond acceptors (Lipinski definition) is 15. The zero-order chi connectivity index (χ0) is 36.0. The Labute approximate surface area is 293 Å². The molecule has 0 amide bonds. The van der Waals surface area contributed by atoms with Gasteiger partial charge in [0.1, 0.15) is 0 Å². The highest BCUT2D eigenvalue weighted by Crippen LogP contribution is 2.31. The van der Waals surface area contributed by atoms with Crippen LogP contribution in [-0.2, 0) is 51.2 Å². The second-order valence-electron chi connectivity index (χ2n) is 10.8. The third-order valence-corrected chi connectivity index (χ3v) is 7.83. The van der Waals surface area contributed by atoms with E-state index < -0.39 is 23.9 Å². The van der Waals surface area contributed by atoms with Gasteiger partial charge in [-0.25, -0.2) is 14.3 Å². The molecule has 0 fully saturated rings. The highest BCUT2D eigenvalue weighted by atomic mass is 32.1. The number of carbonyl (C=O) groups excluding carboxylic acids is 4. The van der Waals surface area contributed by atoms with Crippen LogP contribution in [-0.4, -0.2) is 111 Å². The first-order valence-electron chi connectivity index (χ1n) is 16.1. The number of nitrogen functional groups attached to an aromatic ring is 1. The third kappa shape index (κ3) is 11.2. The van der Waals surface area contributed by atoms with Crippen LogP contribution in [0.4, 0.5) is 5.00 Å². The van der Waals surface area contributed by atoms with Gasteiger partial charge in [0, 0.05) is 30.4 Å². The van der Waals surface area contributed by atoms with Gasteiger partial charge in [0.15, 0.2) is 11.6 Å². The molecule has 4 rings (SSSR count). The van der Waals surface area contributed by atoms with Gasteiger partial charge in [0.2, 0.25) is 0 Å². The number of esters is 4. The monoisotopic (exact) mass is 710 g/mol. The molecule has 4 aromatic rings. The predicted molar refractivity (Wildman–Crippen MR) is 183 cm³/mol. The van der Waals surface area contributed by atoms with E-state index in [-0.39, 0.29) is 65.7 Å². The minimum absolute atomic E-state index is 0.115. The van der Waals surface area contributed by atoms with E-state index in [1.54, 1.807) is 71.4 Å². The van der Waals surface area contributed by atoms with Gasteiger partial charge >= 0.3 is 23.9 Å². The number of hydrogen-bond donors (Lipinski definition) is 1. The molecule has 0 unspecified atom stereocenters. The standard InChI is InChI=1S/C33H42N8O8S/c1-5-46-30(42)19-38(20-31(43)47-6-2)17-24-11-13-40(36-24)28-15-23(26-9-10-27(34)50-26)16-29(35-28)41-14-12-25(37-41)18-39(21-32(44)48-7-3)22-33(45)49-8-4/h9-16H,5-8,17-22,34H2,1-4H3. The molecule has 0 aliphatic heterocycles. The molecule has 0 aromatic carbocycles. The Balaban J connectivity index is 1.62. The van der Waals surface area contributed by atoms with Gasteiger partial charge in [-0.05, 0) is 69.7 Å². The van der Waals surface area contributed by atoms with E-state index in [2.05, 4.69) is 0 Å². The summed E-state index contributed by atoms with van der Waals surface area (Å²) in [6, 6.07) is 11.0. The summed E-state index contributed by atoms with van der Waals surface area (Å²) in [6.45, 7) is 7.63. The van der Waals surface area contributed by atoms with Crippen molar-refractivity contribution in [1.82, 2.24) is 34.3 Å². The summed E-state index contributed by atoms with van der Waals surface area (Å²) in [7, 11) is 0. The minimum atomic E-state index is -0.464. The number of aromatic nitrogens is 5. The van der Waals surface area contributed by atoms with Crippen molar-refractivity contribution in [3.63, 3.8) is 0 Å². The molecule has 0 radical (unpaired) electrons. The molecule has 16 nitrogen and oxygen atoms in total. The van der Waals surface area contributed by atoms with E-state index in [1.807, 2.05) is 24.3 Å². The smallest absolute Gasteiger partial charge is 0.320 e. The maximum absolute atomic E-state index is 12.3. The van der Waals surface area contributed by atoms with Gasteiger partial charge in [0.05, 0.1) is 69.0 Å². The third-order valence-electron chi connectivity index (χ3n) is 6.87. The van der Waals surface area contributed by atoms with E-state index in [0.29, 0.717) is 28.0 Å². The molecule has 0 saturated carbocycles. The van der Waals surface area contributed by atoms with E-state index in [9.17, 15) is 19.2 Å². The zero-order valence-electron chi connectivity index (χ0n) is 28.6. The second kappa shape index (κ2) is 18.6. The van der Waals surface area contributed by atoms with Crippen molar-refractivity contribution in [1.29, 1.82) is 0 Å². The van der Waals surface area contributed by atoms with Crippen molar-refractivity contribution in [3.05, 3.63) is 60.2 Å². The summed E-state index contributed by atoms with van der Waals surface area (Å²) in [5, 5.41) is 10.0. The van der Waals surface area contributed by atoms with E-state index in [4.69, 9.17) is 39.9 Å². The first-order valence-corrected chi connectivity index (χ1v) is 17.0. The number of rotatable bonds is 19. The normalized spacial score (nSPS) is 11.2. The van der Waals surface area contributed by atoms with Crippen molar-refractivity contribution in [2.75, 3.05) is 58.3 Å². The van der Waals surface area contributed by atoms with Crippen LogP contribution in [0.15, 0.2) is 48.8 Å². The van der Waals surface area contributed by atoms with Crippen LogP contribution >= 0.6 is 11.3 Å². The summed E-state index contributed by atoms with van der Waals surface area (Å²) in [5.41, 5.74) is 8.03. The van der Waals surface area contributed by atoms with Crippen molar-refractivity contribution >= 4 is 40.2 Å². The van der Waals surface area contributed by atoms with E-state index in [1.165, 1.54) is 11.3 Å². The molecule has 2 N–H and O–H groups in total. The molecule has 50 heavy (non-hydrogen) atoms. The van der Waals surface area contributed by atoms with E-state index >= 15 is 0 Å². The van der Waals surface area contributed by atoms with Gasteiger partial charge < -0.3 is 24.7 Å². The molecular formula is C33H42N8O8S. The molecule has 0 spiro atoms. The van der Waals surface area contributed by atoms with Crippen LogP contribution in [0.1, 0.15) is 39.1 Å². The highest BCUT2D eigenvalue weighted by Gasteiger charge is 2.20. The summed E-state index contributed by atoms with van der Waals surface area (Å²) in [5.74, 6) is -0.909. The number of pyridine rings is 1. The van der Waals surface area contributed by atoms with Crippen LogP contribution in [0.3, 0.4) is 0 Å². The molecule has 0 aliphatic rings. The van der Waals surface area contributed by atoms with Gasteiger partial charge in [0.25, 0.3) is 0 Å². The SMILES string of the molecule is CCOC(=O)CN(CC(=O)OCC)Cc1ccn(-c2cc(-c3ccc(N)s3)cc(-n3ccc(CN(CC(=O)OCC)CC(=O)OCC)n3)n2)n1. The Hall–Kier alpha value is -5.13. The van der Waals surface area contributed by atoms with Crippen molar-refractivity contribution in [2.45, 2.75) is 40.8 Å². The average Bonchev–Trinajstić information content (AvgIpc) is 3.83. The first-order chi connectivity index (χ1) is 24.1. The maximum Gasteiger partial charge on any atom is 0.320 e.